The van der Waals surface area contributed by atoms with Gasteiger partial charge in [0, 0.05) is 9.30 Å². The van der Waals surface area contributed by atoms with Crippen LogP contribution >= 0.6 is 0 Å². The highest BCUT2D eigenvalue weighted by atomic mass is 28.3. The molecule has 1 heterocycles. The lowest BCUT2D eigenvalue weighted by Gasteiger charge is -2.14. The molecule has 0 amide bonds. The molecule has 2 rings (SSSR count). The molecule has 0 aliphatic carbocycles. The average molecular weight is 274 g/mol. The summed E-state index contributed by atoms with van der Waals surface area (Å²) in [7, 11) is 0.595. The standard InChI is InChI=1S/C16H23N2Si/c1-12-7-8-15(13(2)9-12)16-17-10-14(11-18(16)3)19(4,5)6/h7-11H,1-6H3/q+1/i1D3. The zero-order valence-electron chi connectivity index (χ0n) is 15.3. The van der Waals surface area contributed by atoms with Crippen molar-refractivity contribution in [2.75, 3.05) is 0 Å². The molecule has 100 valence electrons. The molecule has 0 atom stereocenters. The Morgan fingerprint density at radius 1 is 1.26 bits per heavy atom. The minimum absolute atomic E-state index is 0.370. The molecule has 2 aromatic rings. The van der Waals surface area contributed by atoms with Gasteiger partial charge in [-0.3, -0.25) is 0 Å². The molecule has 0 unspecified atom stereocenters. The Morgan fingerprint density at radius 3 is 2.53 bits per heavy atom. The minimum atomic E-state index is -2.07. The van der Waals surface area contributed by atoms with Gasteiger partial charge in [0.2, 0.25) is 0 Å². The van der Waals surface area contributed by atoms with Crippen molar-refractivity contribution in [2.24, 2.45) is 7.05 Å². The molecule has 0 N–H and O–H groups in total. The predicted molar refractivity (Wildman–Crippen MR) is 83.3 cm³/mol. The molecule has 2 nitrogen and oxygen atoms in total. The lowest BCUT2D eigenvalue weighted by molar-refractivity contribution is -0.662. The van der Waals surface area contributed by atoms with Crippen molar-refractivity contribution >= 4 is 13.3 Å². The van der Waals surface area contributed by atoms with Crippen molar-refractivity contribution in [3.8, 4) is 11.4 Å². The molecule has 0 aliphatic rings. The number of aromatic nitrogens is 2. The van der Waals surface area contributed by atoms with Crippen LogP contribution in [0.25, 0.3) is 11.4 Å². The Hall–Kier alpha value is -1.48. The van der Waals surface area contributed by atoms with E-state index < -0.39 is 14.9 Å². The number of hydrogen-bond donors (Lipinski definition) is 0. The molecule has 1 aromatic carbocycles. The second kappa shape index (κ2) is 4.89. The van der Waals surface area contributed by atoms with Crippen LogP contribution < -0.4 is 9.75 Å². The maximum Gasteiger partial charge on any atom is 0.330 e. The van der Waals surface area contributed by atoms with Crippen LogP contribution in [0.1, 0.15) is 15.2 Å². The first-order valence-corrected chi connectivity index (χ1v) is 9.98. The van der Waals surface area contributed by atoms with Gasteiger partial charge in [0.15, 0.2) is 0 Å². The molecule has 0 saturated heterocycles. The highest BCUT2D eigenvalue weighted by molar-refractivity contribution is 6.88. The van der Waals surface area contributed by atoms with Crippen LogP contribution in [0.2, 0.25) is 19.6 Å². The van der Waals surface area contributed by atoms with Gasteiger partial charge in [0.05, 0.1) is 26.9 Å². The molecule has 1 aromatic heterocycles. The van der Waals surface area contributed by atoms with Crippen LogP contribution in [0, 0.1) is 13.8 Å². The molecule has 0 aliphatic heterocycles. The summed E-state index contributed by atoms with van der Waals surface area (Å²) in [6.07, 6.45) is 4.10. The third-order valence-electron chi connectivity index (χ3n) is 3.33. The van der Waals surface area contributed by atoms with Crippen molar-refractivity contribution in [3.05, 3.63) is 41.7 Å². The largest absolute Gasteiger partial charge is 0.330 e. The van der Waals surface area contributed by atoms with Gasteiger partial charge in [-0.25, -0.2) is 4.57 Å². The molecular weight excluding hydrogens is 248 g/mol. The zero-order valence-corrected chi connectivity index (χ0v) is 13.3. The normalized spacial score (nSPS) is 14.7. The van der Waals surface area contributed by atoms with Gasteiger partial charge in [-0.05, 0) is 30.4 Å². The SMILES string of the molecule is [2H]C([2H])([2H])c1ccc(-c2ncc([Si](C)(C)C)c[n+]2C)c(C)c1. The molecule has 0 spiro atoms. The van der Waals surface area contributed by atoms with Crippen LogP contribution in [0.15, 0.2) is 30.6 Å². The Bertz CT molecular complexity index is 642. The summed E-state index contributed by atoms with van der Waals surface area (Å²) < 4.78 is 24.5. The van der Waals surface area contributed by atoms with E-state index in [9.17, 15) is 0 Å². The summed E-state index contributed by atoms with van der Waals surface area (Å²) in [6, 6.07) is 5.26. The van der Waals surface area contributed by atoms with E-state index in [4.69, 9.17) is 4.11 Å². The van der Waals surface area contributed by atoms with Crippen LogP contribution in [-0.2, 0) is 7.05 Å². The van der Waals surface area contributed by atoms with Crippen LogP contribution in [0.5, 0.6) is 0 Å². The fourth-order valence-electron chi connectivity index (χ4n) is 2.09. The second-order valence-electron chi connectivity index (χ2n) is 6.06. The minimum Gasteiger partial charge on any atom is -0.233 e. The lowest BCUT2D eigenvalue weighted by atomic mass is 10.1. The van der Waals surface area contributed by atoms with Gasteiger partial charge >= 0.3 is 5.82 Å². The van der Waals surface area contributed by atoms with E-state index in [2.05, 4.69) is 30.8 Å². The van der Waals surface area contributed by atoms with Crippen molar-refractivity contribution in [3.63, 3.8) is 0 Å². The van der Waals surface area contributed by atoms with Crippen LogP contribution in [-0.4, -0.2) is 13.1 Å². The fourth-order valence-corrected chi connectivity index (χ4v) is 3.12. The average Bonchev–Trinajstić information content (AvgIpc) is 2.37. The number of nitrogens with zero attached hydrogens (tertiary/aromatic N) is 2. The molecular formula is C16H23N2Si+. The molecule has 19 heavy (non-hydrogen) atoms. The Balaban J connectivity index is 2.49. The van der Waals surface area contributed by atoms with E-state index in [-0.39, 0.29) is 0 Å². The van der Waals surface area contributed by atoms with Crippen LogP contribution in [0.3, 0.4) is 0 Å². The summed E-state index contributed by atoms with van der Waals surface area (Å²) in [5.74, 6) is 0.858. The van der Waals surface area contributed by atoms with Gasteiger partial charge in [-0.15, -0.1) is 0 Å². The van der Waals surface area contributed by atoms with E-state index in [1.807, 2.05) is 30.8 Å². The van der Waals surface area contributed by atoms with E-state index in [0.717, 1.165) is 17.0 Å². The third kappa shape index (κ3) is 2.92. The Labute approximate surface area is 121 Å². The molecule has 0 radical (unpaired) electrons. The summed E-state index contributed by atoms with van der Waals surface area (Å²) in [6.45, 7) is 6.74. The van der Waals surface area contributed by atoms with Crippen molar-refractivity contribution in [1.29, 1.82) is 0 Å². The van der Waals surface area contributed by atoms with Crippen molar-refractivity contribution in [1.82, 2.24) is 4.98 Å². The molecule has 0 fully saturated rings. The highest BCUT2D eigenvalue weighted by Crippen LogP contribution is 2.19. The third-order valence-corrected chi connectivity index (χ3v) is 5.32. The number of aryl methyl sites for hydroxylation is 3. The summed E-state index contributed by atoms with van der Waals surface area (Å²) in [5, 5.41) is 1.30. The van der Waals surface area contributed by atoms with E-state index in [0.29, 0.717) is 5.56 Å². The summed E-state index contributed by atoms with van der Waals surface area (Å²) in [5.41, 5.74) is 2.27. The van der Waals surface area contributed by atoms with E-state index >= 15 is 0 Å². The van der Waals surface area contributed by atoms with Gasteiger partial charge in [0.25, 0.3) is 0 Å². The first kappa shape index (κ1) is 10.3. The second-order valence-corrected chi connectivity index (χ2v) is 11.1. The molecule has 0 saturated carbocycles. The van der Waals surface area contributed by atoms with Crippen molar-refractivity contribution < 1.29 is 8.68 Å². The van der Waals surface area contributed by atoms with Crippen LogP contribution in [0.4, 0.5) is 0 Å². The van der Waals surface area contributed by atoms with E-state index in [1.165, 1.54) is 5.19 Å². The molecule has 3 heteroatoms. The maximum atomic E-state index is 7.50. The smallest absolute Gasteiger partial charge is 0.233 e. The Morgan fingerprint density at radius 2 is 2.00 bits per heavy atom. The van der Waals surface area contributed by atoms with Crippen molar-refractivity contribution in [2.45, 2.75) is 33.4 Å². The summed E-state index contributed by atoms with van der Waals surface area (Å²) >= 11 is 0. The first-order chi connectivity index (χ1) is 10.00. The number of hydrogen-bond acceptors (Lipinski definition) is 1. The predicted octanol–water partition coefficient (Wildman–Crippen LogP) is 2.74. The monoisotopic (exact) mass is 274 g/mol. The maximum absolute atomic E-state index is 7.50. The van der Waals surface area contributed by atoms with Gasteiger partial charge in [-0.2, -0.15) is 0 Å². The molecule has 0 bridgehead atoms. The zero-order chi connectivity index (χ0) is 16.7. The van der Waals surface area contributed by atoms with E-state index in [1.54, 1.807) is 12.1 Å². The Kier molecular flexibility index (Phi) is 2.66. The van der Waals surface area contributed by atoms with Gasteiger partial charge in [-0.1, -0.05) is 37.3 Å². The number of benzene rings is 1. The van der Waals surface area contributed by atoms with Gasteiger partial charge < -0.3 is 0 Å². The first-order valence-electron chi connectivity index (χ1n) is 7.98. The quantitative estimate of drug-likeness (QED) is 0.608. The topological polar surface area (TPSA) is 16.8 Å². The number of rotatable bonds is 2. The van der Waals surface area contributed by atoms with Gasteiger partial charge in [0.1, 0.15) is 6.20 Å². The highest BCUT2D eigenvalue weighted by Gasteiger charge is 2.23. The lowest BCUT2D eigenvalue weighted by Crippen LogP contribution is -2.45. The fraction of sp³-hybridized carbons (Fsp3) is 0.375. The summed E-state index contributed by atoms with van der Waals surface area (Å²) in [4.78, 5) is 4.62.